The minimum atomic E-state index is -0.851. The Morgan fingerprint density at radius 2 is 2.16 bits per heavy atom. The standard InChI is InChI=1S/C22H26FN3O4S/c1-30-22(29)21(17-5-2-3-6-18(17)23)25-12-9-19(31)15(14-25)13-16-8-10-24-26(16)11-4-7-20(27)28/h2-3,5-6,8,10,13,19,21,31H,4,7,9,11-12,14H2,1H3,(H,27,28)/b15-13+. The summed E-state index contributed by atoms with van der Waals surface area (Å²) in [7, 11) is 1.30. The van der Waals surface area contributed by atoms with Gasteiger partial charge in [0.05, 0.1) is 12.8 Å². The van der Waals surface area contributed by atoms with E-state index in [1.165, 1.54) is 13.2 Å². The SMILES string of the molecule is COC(=O)C(c1ccccc1F)N1CCC(S)/C(=C/c2ccnn2CCCC(=O)O)C1. The number of nitrogens with zero attached hydrogens (tertiary/aromatic N) is 3. The number of carboxylic acid groups (broad SMARTS) is 1. The quantitative estimate of drug-likeness (QED) is 0.478. The number of rotatable bonds is 8. The van der Waals surface area contributed by atoms with Crippen LogP contribution in [-0.4, -0.2) is 57.2 Å². The van der Waals surface area contributed by atoms with Gasteiger partial charge in [0.2, 0.25) is 0 Å². The number of esters is 1. The third-order valence-corrected chi connectivity index (χ3v) is 5.93. The second-order valence-corrected chi connectivity index (χ2v) is 8.04. The maximum absolute atomic E-state index is 14.5. The average Bonchev–Trinajstić information content (AvgIpc) is 3.18. The molecule has 0 amide bonds. The number of thiol groups is 1. The van der Waals surface area contributed by atoms with E-state index in [1.807, 2.05) is 17.0 Å². The van der Waals surface area contributed by atoms with E-state index in [-0.39, 0.29) is 17.2 Å². The summed E-state index contributed by atoms with van der Waals surface area (Å²) < 4.78 is 21.2. The highest BCUT2D eigenvalue weighted by Gasteiger charge is 2.34. The number of piperidine rings is 1. The molecule has 0 aliphatic carbocycles. The van der Waals surface area contributed by atoms with Crippen molar-refractivity contribution in [3.8, 4) is 0 Å². The molecule has 1 saturated heterocycles. The Kier molecular flexibility index (Phi) is 7.86. The molecule has 1 aliphatic rings. The fourth-order valence-corrected chi connectivity index (χ4v) is 4.03. The van der Waals surface area contributed by atoms with E-state index in [9.17, 15) is 14.0 Å². The zero-order chi connectivity index (χ0) is 22.4. The summed E-state index contributed by atoms with van der Waals surface area (Å²) >= 11 is 4.70. The lowest BCUT2D eigenvalue weighted by atomic mass is 9.97. The van der Waals surface area contributed by atoms with Crippen molar-refractivity contribution in [2.24, 2.45) is 0 Å². The molecule has 3 rings (SSSR count). The number of aromatic nitrogens is 2. The number of carbonyl (C=O) groups is 2. The monoisotopic (exact) mass is 447 g/mol. The number of ether oxygens (including phenoxy) is 1. The smallest absolute Gasteiger partial charge is 0.327 e. The van der Waals surface area contributed by atoms with Crippen LogP contribution in [0.2, 0.25) is 0 Å². The summed E-state index contributed by atoms with van der Waals surface area (Å²) in [6.45, 7) is 1.47. The summed E-state index contributed by atoms with van der Waals surface area (Å²) in [5.74, 6) is -1.80. The first-order valence-electron chi connectivity index (χ1n) is 10.1. The Labute approximate surface area is 185 Å². The number of likely N-dealkylation sites (tertiary alicyclic amines) is 1. The minimum absolute atomic E-state index is 0.0162. The van der Waals surface area contributed by atoms with Crippen LogP contribution in [0.15, 0.2) is 42.1 Å². The summed E-state index contributed by atoms with van der Waals surface area (Å²) in [5, 5.41) is 13.1. The third kappa shape index (κ3) is 5.74. The Hall–Kier alpha value is -2.65. The van der Waals surface area contributed by atoms with Crippen molar-refractivity contribution in [3.63, 3.8) is 0 Å². The molecule has 9 heteroatoms. The summed E-state index contributed by atoms with van der Waals surface area (Å²) in [4.78, 5) is 25.2. The topological polar surface area (TPSA) is 84.7 Å². The predicted octanol–water partition coefficient (Wildman–Crippen LogP) is 3.19. The molecule has 2 aromatic rings. The van der Waals surface area contributed by atoms with Crippen molar-refractivity contribution < 1.29 is 23.8 Å². The highest BCUT2D eigenvalue weighted by molar-refractivity contribution is 7.81. The van der Waals surface area contributed by atoms with E-state index in [0.717, 1.165) is 11.3 Å². The molecular weight excluding hydrogens is 421 g/mol. The van der Waals surface area contributed by atoms with Crippen LogP contribution in [0.25, 0.3) is 6.08 Å². The number of aryl methyl sites for hydroxylation is 1. The fourth-order valence-electron chi connectivity index (χ4n) is 3.76. The lowest BCUT2D eigenvalue weighted by Crippen LogP contribution is -2.42. The van der Waals surface area contributed by atoms with Gasteiger partial charge in [-0.05, 0) is 36.6 Å². The second kappa shape index (κ2) is 10.6. The number of aliphatic carboxylic acids is 1. The molecule has 1 aliphatic heterocycles. The molecule has 2 unspecified atom stereocenters. The maximum Gasteiger partial charge on any atom is 0.327 e. The van der Waals surface area contributed by atoms with Crippen LogP contribution in [0.1, 0.15) is 36.6 Å². The van der Waals surface area contributed by atoms with E-state index < -0.39 is 23.8 Å². The van der Waals surface area contributed by atoms with Crippen LogP contribution < -0.4 is 0 Å². The van der Waals surface area contributed by atoms with Gasteiger partial charge in [0.15, 0.2) is 0 Å². The van der Waals surface area contributed by atoms with Crippen molar-refractivity contribution in [3.05, 3.63) is 59.2 Å². The molecular formula is C22H26FN3O4S. The van der Waals surface area contributed by atoms with E-state index in [4.69, 9.17) is 22.5 Å². The Morgan fingerprint density at radius 1 is 1.39 bits per heavy atom. The van der Waals surface area contributed by atoms with Crippen LogP contribution in [0.5, 0.6) is 0 Å². The van der Waals surface area contributed by atoms with Gasteiger partial charge in [-0.15, -0.1) is 0 Å². The Balaban J connectivity index is 1.84. The first kappa shape index (κ1) is 23.0. The molecule has 1 aromatic heterocycles. The first-order valence-corrected chi connectivity index (χ1v) is 10.6. The van der Waals surface area contributed by atoms with E-state index >= 15 is 0 Å². The number of methoxy groups -OCH3 is 1. The number of hydrogen-bond acceptors (Lipinski definition) is 6. The average molecular weight is 448 g/mol. The third-order valence-electron chi connectivity index (χ3n) is 5.34. The summed E-state index contributed by atoms with van der Waals surface area (Å²) in [6.07, 6.45) is 4.86. The molecule has 2 atom stereocenters. The largest absolute Gasteiger partial charge is 0.481 e. The Morgan fingerprint density at radius 3 is 2.87 bits per heavy atom. The van der Waals surface area contributed by atoms with Crippen molar-refractivity contribution in [1.82, 2.24) is 14.7 Å². The van der Waals surface area contributed by atoms with Crippen molar-refractivity contribution in [2.75, 3.05) is 20.2 Å². The van der Waals surface area contributed by atoms with Gasteiger partial charge in [-0.2, -0.15) is 17.7 Å². The number of hydrogen-bond donors (Lipinski definition) is 2. The van der Waals surface area contributed by atoms with Gasteiger partial charge in [0.25, 0.3) is 0 Å². The number of benzene rings is 1. The minimum Gasteiger partial charge on any atom is -0.481 e. The van der Waals surface area contributed by atoms with Gasteiger partial charge in [0.1, 0.15) is 11.9 Å². The molecule has 7 nitrogen and oxygen atoms in total. The molecule has 1 fully saturated rings. The van der Waals surface area contributed by atoms with Crippen molar-refractivity contribution in [1.29, 1.82) is 0 Å². The van der Waals surface area contributed by atoms with E-state index in [1.54, 1.807) is 29.1 Å². The molecule has 31 heavy (non-hydrogen) atoms. The summed E-state index contributed by atoms with van der Waals surface area (Å²) in [6, 6.07) is 7.22. The van der Waals surface area contributed by atoms with Gasteiger partial charge < -0.3 is 9.84 Å². The molecule has 0 spiro atoms. The van der Waals surface area contributed by atoms with Crippen LogP contribution in [0.3, 0.4) is 0 Å². The van der Waals surface area contributed by atoms with Gasteiger partial charge in [-0.25, -0.2) is 9.18 Å². The van der Waals surface area contributed by atoms with Crippen LogP contribution >= 0.6 is 12.6 Å². The lowest BCUT2D eigenvalue weighted by Gasteiger charge is -2.36. The predicted molar refractivity (Wildman–Crippen MR) is 117 cm³/mol. The number of halogens is 1. The number of carboxylic acids is 1. The normalized spacial score (nSPS) is 19.3. The van der Waals surface area contributed by atoms with Crippen LogP contribution in [0, 0.1) is 5.82 Å². The highest BCUT2D eigenvalue weighted by Crippen LogP contribution is 2.32. The Bertz CT molecular complexity index is 962. The number of carbonyl (C=O) groups excluding carboxylic acids is 1. The van der Waals surface area contributed by atoms with Gasteiger partial charge in [-0.3, -0.25) is 14.4 Å². The van der Waals surface area contributed by atoms with Gasteiger partial charge in [0, 0.05) is 43.1 Å². The molecule has 2 heterocycles. The first-order chi connectivity index (χ1) is 14.9. The zero-order valence-electron chi connectivity index (χ0n) is 17.3. The molecule has 0 saturated carbocycles. The highest BCUT2D eigenvalue weighted by atomic mass is 32.1. The molecule has 0 radical (unpaired) electrons. The van der Waals surface area contributed by atoms with Gasteiger partial charge >= 0.3 is 11.9 Å². The lowest BCUT2D eigenvalue weighted by molar-refractivity contribution is -0.147. The van der Waals surface area contributed by atoms with Gasteiger partial charge in [-0.1, -0.05) is 18.2 Å². The molecule has 166 valence electrons. The zero-order valence-corrected chi connectivity index (χ0v) is 18.2. The van der Waals surface area contributed by atoms with Crippen LogP contribution in [0.4, 0.5) is 4.39 Å². The van der Waals surface area contributed by atoms with E-state index in [0.29, 0.717) is 32.5 Å². The fraction of sp³-hybridized carbons (Fsp3) is 0.409. The second-order valence-electron chi connectivity index (χ2n) is 7.42. The molecule has 1 N–H and O–H groups in total. The van der Waals surface area contributed by atoms with Crippen molar-refractivity contribution >= 4 is 30.6 Å². The summed E-state index contributed by atoms with van der Waals surface area (Å²) in [5.41, 5.74) is 2.09. The molecule has 1 aromatic carbocycles. The maximum atomic E-state index is 14.5. The molecule has 0 bridgehead atoms. The van der Waals surface area contributed by atoms with Crippen LogP contribution in [-0.2, 0) is 20.9 Å². The van der Waals surface area contributed by atoms with Crippen molar-refractivity contribution in [2.45, 2.75) is 37.1 Å². The van der Waals surface area contributed by atoms with E-state index in [2.05, 4.69) is 5.10 Å².